The smallest absolute Gasteiger partial charge is 0.0547 e. The Labute approximate surface area is 338 Å². The second-order valence-electron chi connectivity index (χ2n) is 15.0. The van der Waals surface area contributed by atoms with Crippen molar-refractivity contribution < 1.29 is 0 Å². The highest BCUT2D eigenvalue weighted by molar-refractivity contribution is 6.19. The molecule has 0 amide bonds. The molecule has 0 spiro atoms. The molecule has 0 saturated heterocycles. The number of rotatable bonds is 7. The summed E-state index contributed by atoms with van der Waals surface area (Å²) >= 11 is 0. The Morgan fingerprint density at radius 2 is 0.862 bits per heavy atom. The first kappa shape index (κ1) is 33.6. The van der Waals surface area contributed by atoms with Crippen molar-refractivity contribution in [2.45, 2.75) is 0 Å². The van der Waals surface area contributed by atoms with Gasteiger partial charge in [0.2, 0.25) is 0 Å². The first-order valence-corrected chi connectivity index (χ1v) is 19.9. The maximum Gasteiger partial charge on any atom is 0.0547 e. The van der Waals surface area contributed by atoms with Gasteiger partial charge in [-0.3, -0.25) is 0 Å². The molecule has 0 radical (unpaired) electrons. The summed E-state index contributed by atoms with van der Waals surface area (Å²) in [4.78, 5) is 2.45. The first-order valence-electron chi connectivity index (χ1n) is 19.9. The van der Waals surface area contributed by atoms with Gasteiger partial charge in [-0.25, -0.2) is 0 Å². The van der Waals surface area contributed by atoms with Crippen molar-refractivity contribution in [1.29, 1.82) is 0 Å². The van der Waals surface area contributed by atoms with Crippen molar-refractivity contribution in [3.8, 4) is 39.1 Å². The Hall–Kier alpha value is -7.68. The highest BCUT2D eigenvalue weighted by atomic mass is 15.1. The zero-order valence-corrected chi connectivity index (χ0v) is 31.8. The van der Waals surface area contributed by atoms with Crippen LogP contribution in [0.2, 0.25) is 0 Å². The van der Waals surface area contributed by atoms with Crippen LogP contribution in [0.25, 0.3) is 82.4 Å². The zero-order valence-electron chi connectivity index (χ0n) is 31.8. The van der Waals surface area contributed by atoms with Crippen LogP contribution in [0.5, 0.6) is 0 Å². The highest BCUT2D eigenvalue weighted by Gasteiger charge is 2.21. The summed E-state index contributed by atoms with van der Waals surface area (Å²) in [5, 5.41) is 7.36. The van der Waals surface area contributed by atoms with Gasteiger partial charge in [0.15, 0.2) is 0 Å². The third-order valence-electron chi connectivity index (χ3n) is 11.5. The summed E-state index contributed by atoms with van der Waals surface area (Å²) in [6.45, 7) is 0. The number of fused-ring (bicyclic) bond motifs is 5. The number of benzene rings is 10. The minimum absolute atomic E-state index is 1.09. The lowest BCUT2D eigenvalue weighted by Crippen LogP contribution is -2.11. The van der Waals surface area contributed by atoms with E-state index in [4.69, 9.17) is 0 Å². The molecule has 2 heteroatoms. The van der Waals surface area contributed by atoms with Crippen molar-refractivity contribution in [2.24, 2.45) is 0 Å². The van der Waals surface area contributed by atoms with Crippen molar-refractivity contribution >= 4 is 60.4 Å². The molecule has 0 aliphatic rings. The number of nitrogens with zero attached hydrogens (tertiary/aromatic N) is 2. The minimum atomic E-state index is 1.09. The van der Waals surface area contributed by atoms with Gasteiger partial charge < -0.3 is 9.47 Å². The van der Waals surface area contributed by atoms with E-state index in [0.29, 0.717) is 0 Å². The number of anilines is 3. The summed E-state index contributed by atoms with van der Waals surface area (Å²) in [6.07, 6.45) is 0. The van der Waals surface area contributed by atoms with Crippen molar-refractivity contribution in [2.75, 3.05) is 4.90 Å². The number of aromatic nitrogens is 1. The molecule has 11 rings (SSSR count). The van der Waals surface area contributed by atoms with Crippen LogP contribution in [-0.4, -0.2) is 4.57 Å². The van der Waals surface area contributed by atoms with Gasteiger partial charge in [0.1, 0.15) is 0 Å². The average Bonchev–Trinajstić information content (AvgIpc) is 3.62. The molecular formula is C56H38N2. The van der Waals surface area contributed by atoms with Crippen LogP contribution in [0, 0.1) is 0 Å². The van der Waals surface area contributed by atoms with Crippen LogP contribution >= 0.6 is 0 Å². The van der Waals surface area contributed by atoms with Gasteiger partial charge in [0, 0.05) is 33.2 Å². The molecule has 10 aromatic carbocycles. The van der Waals surface area contributed by atoms with E-state index >= 15 is 0 Å². The van der Waals surface area contributed by atoms with E-state index in [1.165, 1.54) is 71.2 Å². The van der Waals surface area contributed by atoms with Gasteiger partial charge in [-0.05, 0) is 116 Å². The third kappa shape index (κ3) is 5.82. The maximum absolute atomic E-state index is 2.45. The van der Waals surface area contributed by atoms with E-state index < -0.39 is 0 Å². The van der Waals surface area contributed by atoms with Crippen LogP contribution in [0.3, 0.4) is 0 Å². The molecule has 0 aliphatic carbocycles. The summed E-state index contributed by atoms with van der Waals surface area (Å²) in [5.74, 6) is 0. The van der Waals surface area contributed by atoms with Gasteiger partial charge in [-0.1, -0.05) is 164 Å². The lowest BCUT2D eigenvalue weighted by Gasteiger charge is -2.28. The largest absolute Gasteiger partial charge is 0.310 e. The molecule has 0 unspecified atom stereocenters. The standard InChI is InChI=1S/C56H38N2/c1-4-17-39(18-5-1)45-33-46(40-19-6-2-7-20-40)36-49(35-45)57(53-31-15-24-41-21-12-13-29-50(41)53)48-28-14-25-44(34-48)51-30-16-32-54-56(51)52-37-42-22-10-11-23-43(42)38-55(52)58(54)47-26-8-3-9-27-47/h1-38H. The monoisotopic (exact) mass is 738 g/mol. The van der Waals surface area contributed by atoms with Crippen LogP contribution in [0.1, 0.15) is 0 Å². The quantitative estimate of drug-likeness (QED) is 0.158. The van der Waals surface area contributed by atoms with E-state index in [1.54, 1.807) is 0 Å². The van der Waals surface area contributed by atoms with Crippen molar-refractivity contribution in [1.82, 2.24) is 4.57 Å². The Kier molecular flexibility index (Phi) is 8.19. The van der Waals surface area contributed by atoms with E-state index in [0.717, 1.165) is 28.3 Å². The van der Waals surface area contributed by atoms with Gasteiger partial charge in [-0.15, -0.1) is 0 Å². The molecule has 272 valence electrons. The minimum Gasteiger partial charge on any atom is -0.310 e. The molecule has 2 nitrogen and oxygen atoms in total. The fourth-order valence-corrected chi connectivity index (χ4v) is 8.83. The maximum atomic E-state index is 2.45. The second-order valence-corrected chi connectivity index (χ2v) is 15.0. The van der Waals surface area contributed by atoms with Crippen LogP contribution in [-0.2, 0) is 0 Å². The van der Waals surface area contributed by atoms with E-state index in [2.05, 4.69) is 240 Å². The second kappa shape index (κ2) is 14.1. The first-order chi connectivity index (χ1) is 28.8. The molecule has 0 bridgehead atoms. The third-order valence-corrected chi connectivity index (χ3v) is 11.5. The molecule has 58 heavy (non-hydrogen) atoms. The molecule has 0 N–H and O–H groups in total. The topological polar surface area (TPSA) is 8.17 Å². The van der Waals surface area contributed by atoms with Gasteiger partial charge >= 0.3 is 0 Å². The van der Waals surface area contributed by atoms with E-state index in [-0.39, 0.29) is 0 Å². The molecule has 1 aromatic heterocycles. The Balaban J connectivity index is 1.17. The molecule has 0 aliphatic heterocycles. The summed E-state index contributed by atoms with van der Waals surface area (Å²) < 4.78 is 2.42. The molecule has 1 heterocycles. The van der Waals surface area contributed by atoms with Crippen LogP contribution in [0.15, 0.2) is 231 Å². The SMILES string of the molecule is c1ccc(-c2cc(-c3ccccc3)cc(N(c3cccc(-c4cccc5c4c4cc6ccccc6cc4n5-c4ccccc4)c3)c3cccc4ccccc34)c2)cc1. The van der Waals surface area contributed by atoms with Gasteiger partial charge in [0.25, 0.3) is 0 Å². The van der Waals surface area contributed by atoms with Crippen LogP contribution < -0.4 is 4.90 Å². The molecule has 0 saturated carbocycles. The van der Waals surface area contributed by atoms with Crippen LogP contribution in [0.4, 0.5) is 17.1 Å². The number of hydrogen-bond donors (Lipinski definition) is 0. The van der Waals surface area contributed by atoms with E-state index in [1.807, 2.05) is 0 Å². The average molecular weight is 739 g/mol. The Morgan fingerprint density at radius 3 is 1.59 bits per heavy atom. The Bertz CT molecular complexity index is 3210. The normalized spacial score (nSPS) is 11.4. The Morgan fingerprint density at radius 1 is 0.310 bits per heavy atom. The molecule has 0 fully saturated rings. The van der Waals surface area contributed by atoms with E-state index in [9.17, 15) is 0 Å². The number of hydrogen-bond acceptors (Lipinski definition) is 1. The zero-order chi connectivity index (χ0) is 38.4. The van der Waals surface area contributed by atoms with Crippen molar-refractivity contribution in [3.05, 3.63) is 231 Å². The highest BCUT2D eigenvalue weighted by Crippen LogP contribution is 2.45. The van der Waals surface area contributed by atoms with Gasteiger partial charge in [0.05, 0.1) is 16.7 Å². The summed E-state index contributed by atoms with van der Waals surface area (Å²) in [7, 11) is 0. The fraction of sp³-hybridized carbons (Fsp3) is 0. The van der Waals surface area contributed by atoms with Gasteiger partial charge in [-0.2, -0.15) is 0 Å². The predicted molar refractivity (Wildman–Crippen MR) is 247 cm³/mol. The fourth-order valence-electron chi connectivity index (χ4n) is 8.83. The van der Waals surface area contributed by atoms with Crippen molar-refractivity contribution in [3.63, 3.8) is 0 Å². The molecule has 0 atom stereocenters. The predicted octanol–water partition coefficient (Wildman–Crippen LogP) is 15.6. The number of para-hydroxylation sites is 1. The molecular weight excluding hydrogens is 701 g/mol. The lowest BCUT2D eigenvalue weighted by molar-refractivity contribution is 1.18. The lowest BCUT2D eigenvalue weighted by atomic mass is 9.96. The molecule has 11 aromatic rings. The summed E-state index contributed by atoms with van der Waals surface area (Å²) in [6, 6.07) is 83.8. The summed E-state index contributed by atoms with van der Waals surface area (Å²) in [5.41, 5.74) is 13.9.